The van der Waals surface area contributed by atoms with E-state index in [-0.39, 0.29) is 18.4 Å². The van der Waals surface area contributed by atoms with Crippen LogP contribution in [0.3, 0.4) is 0 Å². The Labute approximate surface area is 139 Å². The van der Waals surface area contributed by atoms with E-state index in [2.05, 4.69) is 24.5 Å². The Kier molecular flexibility index (Phi) is 5.10. The van der Waals surface area contributed by atoms with Crippen LogP contribution in [0.5, 0.6) is 0 Å². The lowest BCUT2D eigenvalue weighted by Crippen LogP contribution is -2.41. The predicted molar refractivity (Wildman–Crippen MR) is 91.7 cm³/mol. The van der Waals surface area contributed by atoms with Gasteiger partial charge in [-0.25, -0.2) is 0 Å². The lowest BCUT2D eigenvalue weighted by molar-refractivity contribution is 0.0619. The normalized spacial score (nSPS) is 23.3. The zero-order valence-corrected chi connectivity index (χ0v) is 14.6. The number of likely N-dealkylation sites (tertiary alicyclic amines) is 1. The molecule has 2 fully saturated rings. The maximum absolute atomic E-state index is 13.0. The van der Waals surface area contributed by atoms with Gasteiger partial charge in [0, 0.05) is 37.1 Å². The molecule has 1 atom stereocenters. The Balaban J connectivity index is 1.81. The summed E-state index contributed by atoms with van der Waals surface area (Å²) in [4.78, 5) is 14.9. The van der Waals surface area contributed by atoms with Crippen molar-refractivity contribution >= 4 is 5.91 Å². The van der Waals surface area contributed by atoms with Crippen molar-refractivity contribution in [1.82, 2.24) is 9.47 Å². The first-order valence-electron chi connectivity index (χ1n) is 9.20. The molecule has 4 heteroatoms. The first-order valence-corrected chi connectivity index (χ1v) is 9.20. The summed E-state index contributed by atoms with van der Waals surface area (Å²) in [6, 6.07) is 2.64. The van der Waals surface area contributed by atoms with Gasteiger partial charge in [0.15, 0.2) is 0 Å². The molecule has 0 bridgehead atoms. The van der Waals surface area contributed by atoms with Gasteiger partial charge in [0.2, 0.25) is 0 Å². The minimum Gasteiger partial charge on any atom is -0.396 e. The summed E-state index contributed by atoms with van der Waals surface area (Å²) in [6.07, 6.45) is 8.45. The molecule has 128 valence electrons. The Bertz CT molecular complexity index is 558. The lowest BCUT2D eigenvalue weighted by Gasteiger charge is -2.32. The van der Waals surface area contributed by atoms with E-state index < -0.39 is 0 Å². The Morgan fingerprint density at radius 2 is 1.91 bits per heavy atom. The third-order valence-corrected chi connectivity index (χ3v) is 5.72. The Hall–Kier alpha value is -1.29. The number of hydrogen-bond donors (Lipinski definition) is 1. The third kappa shape index (κ3) is 3.32. The van der Waals surface area contributed by atoms with E-state index in [9.17, 15) is 9.90 Å². The van der Waals surface area contributed by atoms with E-state index in [0.717, 1.165) is 30.6 Å². The molecular weight excluding hydrogens is 288 g/mol. The molecule has 1 aromatic heterocycles. The third-order valence-electron chi connectivity index (χ3n) is 5.72. The highest BCUT2D eigenvalue weighted by Gasteiger charge is 2.28. The van der Waals surface area contributed by atoms with Crippen molar-refractivity contribution in [2.45, 2.75) is 64.8 Å². The highest BCUT2D eigenvalue weighted by atomic mass is 16.3. The molecule has 1 aliphatic heterocycles. The summed E-state index contributed by atoms with van der Waals surface area (Å²) >= 11 is 0. The van der Waals surface area contributed by atoms with Crippen molar-refractivity contribution in [2.75, 3.05) is 19.7 Å². The molecule has 1 aromatic rings. The number of aromatic nitrogens is 1. The molecule has 1 saturated heterocycles. The largest absolute Gasteiger partial charge is 0.396 e. The van der Waals surface area contributed by atoms with Crippen molar-refractivity contribution in [3.05, 3.63) is 23.0 Å². The number of aryl methyl sites for hydroxylation is 1. The molecule has 4 nitrogen and oxygen atoms in total. The van der Waals surface area contributed by atoms with E-state index in [0.29, 0.717) is 12.6 Å². The van der Waals surface area contributed by atoms with Crippen LogP contribution in [0.25, 0.3) is 0 Å². The second-order valence-electron chi connectivity index (χ2n) is 7.39. The number of hydrogen-bond acceptors (Lipinski definition) is 2. The van der Waals surface area contributed by atoms with Crippen LogP contribution in [0.2, 0.25) is 0 Å². The standard InChI is InChI=1S/C19H30N2O2/c1-14-11-18(15(2)21(14)17-8-4-3-5-9-17)19(23)20-10-6-7-16(12-20)13-22/h11,16-17,22H,3-10,12-13H2,1-2H3. The molecule has 23 heavy (non-hydrogen) atoms. The first-order chi connectivity index (χ1) is 11.1. The zero-order valence-electron chi connectivity index (χ0n) is 14.6. The van der Waals surface area contributed by atoms with Gasteiger partial charge in [0.25, 0.3) is 5.91 Å². The van der Waals surface area contributed by atoms with Crippen LogP contribution in [0.4, 0.5) is 0 Å². The smallest absolute Gasteiger partial charge is 0.255 e. The molecule has 1 aliphatic carbocycles. The van der Waals surface area contributed by atoms with E-state index >= 15 is 0 Å². The average molecular weight is 318 g/mol. The number of nitrogens with zero attached hydrogens (tertiary/aromatic N) is 2. The van der Waals surface area contributed by atoms with Gasteiger partial charge in [-0.2, -0.15) is 0 Å². The molecule has 1 saturated carbocycles. The SMILES string of the molecule is Cc1cc(C(=O)N2CCCC(CO)C2)c(C)n1C1CCCCC1. The second-order valence-corrected chi connectivity index (χ2v) is 7.39. The van der Waals surface area contributed by atoms with Gasteiger partial charge in [-0.05, 0) is 51.5 Å². The number of carbonyl (C=O) groups excluding carboxylic acids is 1. The highest BCUT2D eigenvalue weighted by Crippen LogP contribution is 2.32. The van der Waals surface area contributed by atoms with Crippen LogP contribution in [-0.2, 0) is 0 Å². The molecule has 3 rings (SSSR count). The van der Waals surface area contributed by atoms with Gasteiger partial charge in [-0.15, -0.1) is 0 Å². The first kappa shape index (κ1) is 16.6. The highest BCUT2D eigenvalue weighted by molar-refractivity contribution is 5.95. The monoisotopic (exact) mass is 318 g/mol. The summed E-state index contributed by atoms with van der Waals surface area (Å²) in [5, 5.41) is 9.39. The number of amides is 1. The predicted octanol–water partition coefficient (Wildman–Crippen LogP) is 3.45. The molecule has 2 aliphatic rings. The molecule has 0 radical (unpaired) electrons. The van der Waals surface area contributed by atoms with Crippen molar-refractivity contribution in [3.63, 3.8) is 0 Å². The minimum atomic E-state index is 0.151. The molecule has 1 amide bonds. The number of aliphatic hydroxyl groups excluding tert-OH is 1. The van der Waals surface area contributed by atoms with Gasteiger partial charge < -0.3 is 14.6 Å². The molecule has 1 N–H and O–H groups in total. The number of aliphatic hydroxyl groups is 1. The number of carbonyl (C=O) groups is 1. The van der Waals surface area contributed by atoms with Crippen LogP contribution in [0.15, 0.2) is 6.07 Å². The van der Waals surface area contributed by atoms with Gasteiger partial charge in [0.05, 0.1) is 5.56 Å². The molecule has 0 aromatic carbocycles. The Morgan fingerprint density at radius 3 is 2.61 bits per heavy atom. The van der Waals surface area contributed by atoms with E-state index in [1.807, 2.05) is 4.90 Å². The summed E-state index contributed by atoms with van der Waals surface area (Å²) in [7, 11) is 0. The molecule has 1 unspecified atom stereocenters. The van der Waals surface area contributed by atoms with E-state index in [1.54, 1.807) is 0 Å². The van der Waals surface area contributed by atoms with Crippen molar-refractivity contribution in [3.8, 4) is 0 Å². The summed E-state index contributed by atoms with van der Waals surface area (Å²) < 4.78 is 2.40. The average Bonchev–Trinajstić information content (AvgIpc) is 2.89. The van der Waals surface area contributed by atoms with Crippen LogP contribution in [0.1, 0.15) is 72.7 Å². The maximum atomic E-state index is 13.0. The fraction of sp³-hybridized carbons (Fsp3) is 0.737. The fourth-order valence-electron chi connectivity index (χ4n) is 4.46. The van der Waals surface area contributed by atoms with E-state index in [4.69, 9.17) is 0 Å². The summed E-state index contributed by atoms with van der Waals surface area (Å²) in [5.74, 6) is 0.396. The van der Waals surface area contributed by atoms with Crippen molar-refractivity contribution < 1.29 is 9.90 Å². The van der Waals surface area contributed by atoms with Crippen LogP contribution in [-0.4, -0.2) is 40.2 Å². The quantitative estimate of drug-likeness (QED) is 0.927. The molecule has 2 heterocycles. The van der Waals surface area contributed by atoms with Gasteiger partial charge in [0.1, 0.15) is 0 Å². The summed E-state index contributed by atoms with van der Waals surface area (Å²) in [6.45, 7) is 5.93. The van der Waals surface area contributed by atoms with Gasteiger partial charge >= 0.3 is 0 Å². The van der Waals surface area contributed by atoms with Crippen molar-refractivity contribution in [2.24, 2.45) is 5.92 Å². The second kappa shape index (κ2) is 7.08. The topological polar surface area (TPSA) is 45.5 Å². The van der Waals surface area contributed by atoms with Crippen LogP contribution < -0.4 is 0 Å². The number of piperidine rings is 1. The fourth-order valence-corrected chi connectivity index (χ4v) is 4.46. The number of rotatable bonds is 3. The van der Waals surface area contributed by atoms with Crippen LogP contribution in [0, 0.1) is 19.8 Å². The zero-order chi connectivity index (χ0) is 16.4. The minimum absolute atomic E-state index is 0.151. The maximum Gasteiger partial charge on any atom is 0.255 e. The van der Waals surface area contributed by atoms with E-state index in [1.165, 1.54) is 37.8 Å². The van der Waals surface area contributed by atoms with Crippen molar-refractivity contribution in [1.29, 1.82) is 0 Å². The Morgan fingerprint density at radius 1 is 1.17 bits per heavy atom. The lowest BCUT2D eigenvalue weighted by atomic mass is 9.95. The van der Waals surface area contributed by atoms with Crippen LogP contribution >= 0.6 is 0 Å². The van der Waals surface area contributed by atoms with Gasteiger partial charge in [-0.1, -0.05) is 19.3 Å². The summed E-state index contributed by atoms with van der Waals surface area (Å²) in [5.41, 5.74) is 3.21. The molecule has 0 spiro atoms. The van der Waals surface area contributed by atoms with Gasteiger partial charge in [-0.3, -0.25) is 4.79 Å². The molecular formula is C19H30N2O2.